The van der Waals surface area contributed by atoms with Crippen LogP contribution in [0.1, 0.15) is 5.69 Å². The molecule has 1 rings (SSSR count). The number of nitrogens with two attached hydrogens (primary N) is 1. The number of hydrogen-bond acceptors (Lipinski definition) is 6. The molecule has 7 nitrogen and oxygen atoms in total. The monoisotopic (exact) mass is 261 g/mol. The Morgan fingerprint density at radius 1 is 1.56 bits per heavy atom. The molecule has 0 saturated carbocycles. The molecule has 100 valence electrons. The maximum Gasteiger partial charge on any atom is 0.255 e. The molecule has 0 aliphatic heterocycles. The molecule has 0 unspecified atom stereocenters. The summed E-state index contributed by atoms with van der Waals surface area (Å²) in [6.07, 6.45) is -1.29. The average molecular weight is 261 g/mol. The number of halogens is 2. The summed E-state index contributed by atoms with van der Waals surface area (Å²) in [4.78, 5) is 8.79. The zero-order valence-electron chi connectivity index (χ0n) is 9.37. The van der Waals surface area contributed by atoms with Crippen molar-refractivity contribution in [1.82, 2.24) is 9.97 Å². The van der Waals surface area contributed by atoms with Gasteiger partial charge < -0.3 is 20.9 Å². The predicted octanol–water partition coefficient (Wildman–Crippen LogP) is -0.365. The minimum absolute atomic E-state index is 0.0200. The van der Waals surface area contributed by atoms with Gasteiger partial charge in [-0.05, 0) is 6.07 Å². The van der Waals surface area contributed by atoms with Gasteiger partial charge in [0.2, 0.25) is 5.95 Å². The molecule has 1 heterocycles. The standard InChI is InChI=1S/C9H13F2N5O2/c10-7(11)5-16(3-4-17)9-13-2-1-6(14-9)8(12)15-18/h1-2,7,17-18H,3-5H2,(H2,12,15). The summed E-state index contributed by atoms with van der Waals surface area (Å²) in [5.74, 6) is -0.270. The molecular formula is C9H13F2N5O2. The number of aliphatic hydroxyl groups excluding tert-OH is 1. The third kappa shape index (κ3) is 3.77. The Hall–Kier alpha value is -2.03. The number of oxime groups is 1. The van der Waals surface area contributed by atoms with Crippen molar-refractivity contribution in [1.29, 1.82) is 0 Å². The van der Waals surface area contributed by atoms with E-state index in [1.807, 2.05) is 0 Å². The number of anilines is 1. The van der Waals surface area contributed by atoms with E-state index in [4.69, 9.17) is 16.0 Å². The maximum absolute atomic E-state index is 12.4. The van der Waals surface area contributed by atoms with Gasteiger partial charge in [0.25, 0.3) is 6.43 Å². The first-order valence-corrected chi connectivity index (χ1v) is 5.03. The Bertz CT molecular complexity index is 416. The van der Waals surface area contributed by atoms with E-state index in [0.29, 0.717) is 0 Å². The highest BCUT2D eigenvalue weighted by Crippen LogP contribution is 2.09. The Morgan fingerprint density at radius 2 is 2.28 bits per heavy atom. The van der Waals surface area contributed by atoms with E-state index >= 15 is 0 Å². The van der Waals surface area contributed by atoms with Crippen LogP contribution in [-0.4, -0.2) is 52.2 Å². The van der Waals surface area contributed by atoms with Gasteiger partial charge in [0.15, 0.2) is 5.84 Å². The van der Waals surface area contributed by atoms with E-state index in [-0.39, 0.29) is 30.6 Å². The fourth-order valence-electron chi connectivity index (χ4n) is 1.25. The lowest BCUT2D eigenvalue weighted by atomic mass is 10.4. The third-order valence-electron chi connectivity index (χ3n) is 2.02. The minimum Gasteiger partial charge on any atom is -0.409 e. The van der Waals surface area contributed by atoms with Gasteiger partial charge in [-0.1, -0.05) is 5.16 Å². The molecule has 0 amide bonds. The lowest BCUT2D eigenvalue weighted by molar-refractivity contribution is 0.152. The third-order valence-corrected chi connectivity index (χ3v) is 2.02. The largest absolute Gasteiger partial charge is 0.409 e. The van der Waals surface area contributed by atoms with E-state index in [1.54, 1.807) is 0 Å². The fraction of sp³-hybridized carbons (Fsp3) is 0.444. The van der Waals surface area contributed by atoms with E-state index < -0.39 is 13.0 Å². The molecule has 9 heteroatoms. The number of rotatable bonds is 6. The summed E-state index contributed by atoms with van der Waals surface area (Å²) in [6.45, 7) is -0.964. The summed E-state index contributed by atoms with van der Waals surface area (Å²) in [7, 11) is 0. The maximum atomic E-state index is 12.4. The highest BCUT2D eigenvalue weighted by molar-refractivity contribution is 5.95. The molecule has 18 heavy (non-hydrogen) atoms. The van der Waals surface area contributed by atoms with E-state index in [0.717, 1.165) is 4.90 Å². The minimum atomic E-state index is -2.59. The molecule has 1 aromatic rings. The van der Waals surface area contributed by atoms with Crippen LogP contribution >= 0.6 is 0 Å². The smallest absolute Gasteiger partial charge is 0.255 e. The molecule has 0 saturated heterocycles. The topological polar surface area (TPSA) is 108 Å². The van der Waals surface area contributed by atoms with Gasteiger partial charge in [0, 0.05) is 12.7 Å². The van der Waals surface area contributed by atoms with Crippen LogP contribution in [0.25, 0.3) is 0 Å². The number of hydrogen-bond donors (Lipinski definition) is 3. The van der Waals surface area contributed by atoms with Crippen LogP contribution in [0.3, 0.4) is 0 Å². The zero-order valence-corrected chi connectivity index (χ0v) is 9.37. The van der Waals surface area contributed by atoms with E-state index in [9.17, 15) is 8.78 Å². The normalized spacial score (nSPS) is 11.9. The first-order chi connectivity index (χ1) is 8.58. The van der Waals surface area contributed by atoms with Crippen LogP contribution in [0.2, 0.25) is 0 Å². The van der Waals surface area contributed by atoms with Gasteiger partial charge >= 0.3 is 0 Å². The molecule has 0 aromatic carbocycles. The number of alkyl halides is 2. The molecule has 4 N–H and O–H groups in total. The van der Waals surface area contributed by atoms with Crippen LogP contribution in [-0.2, 0) is 0 Å². The molecule has 0 bridgehead atoms. The van der Waals surface area contributed by atoms with Gasteiger partial charge in [-0.25, -0.2) is 18.7 Å². The first kappa shape index (κ1) is 14.0. The average Bonchev–Trinajstić information content (AvgIpc) is 2.37. The Morgan fingerprint density at radius 3 is 2.83 bits per heavy atom. The van der Waals surface area contributed by atoms with Crippen molar-refractivity contribution in [2.24, 2.45) is 10.9 Å². The first-order valence-electron chi connectivity index (χ1n) is 5.03. The SMILES string of the molecule is N/C(=N/O)c1ccnc(N(CCO)CC(F)F)n1. The van der Waals surface area contributed by atoms with Crippen molar-refractivity contribution in [3.05, 3.63) is 18.0 Å². The summed E-state index contributed by atoms with van der Waals surface area (Å²) in [6, 6.07) is 1.37. The lowest BCUT2D eigenvalue weighted by Gasteiger charge is -2.21. The van der Waals surface area contributed by atoms with Gasteiger partial charge in [0.05, 0.1) is 13.2 Å². The molecular weight excluding hydrogens is 248 g/mol. The zero-order chi connectivity index (χ0) is 13.5. The van der Waals surface area contributed by atoms with Crippen molar-refractivity contribution < 1.29 is 19.1 Å². The molecule has 0 aliphatic rings. The molecule has 0 radical (unpaired) electrons. The van der Waals surface area contributed by atoms with Gasteiger partial charge in [-0.15, -0.1) is 0 Å². The number of amidine groups is 1. The summed E-state index contributed by atoms with van der Waals surface area (Å²) < 4.78 is 24.7. The lowest BCUT2D eigenvalue weighted by Crippen LogP contribution is -2.33. The van der Waals surface area contributed by atoms with Gasteiger partial charge in [-0.3, -0.25) is 0 Å². The second-order valence-electron chi connectivity index (χ2n) is 3.29. The molecule has 0 fully saturated rings. The Balaban J connectivity index is 2.97. The second-order valence-corrected chi connectivity index (χ2v) is 3.29. The van der Waals surface area contributed by atoms with Crippen molar-refractivity contribution in [3.8, 4) is 0 Å². The van der Waals surface area contributed by atoms with Crippen molar-refractivity contribution in [2.45, 2.75) is 6.43 Å². The molecule has 0 spiro atoms. The number of nitrogens with zero attached hydrogens (tertiary/aromatic N) is 4. The van der Waals surface area contributed by atoms with Crippen molar-refractivity contribution in [2.75, 3.05) is 24.6 Å². The van der Waals surface area contributed by atoms with Gasteiger partial charge in [-0.2, -0.15) is 0 Å². The highest BCUT2D eigenvalue weighted by Gasteiger charge is 2.15. The molecule has 0 aliphatic carbocycles. The van der Waals surface area contributed by atoms with Crippen LogP contribution in [0.4, 0.5) is 14.7 Å². The Kier molecular flexibility index (Phi) is 5.18. The molecule has 0 atom stereocenters. The quantitative estimate of drug-likeness (QED) is 0.279. The summed E-state index contributed by atoms with van der Waals surface area (Å²) >= 11 is 0. The number of aliphatic hydroxyl groups is 1. The van der Waals surface area contributed by atoms with Crippen LogP contribution in [0.5, 0.6) is 0 Å². The highest BCUT2D eigenvalue weighted by atomic mass is 19.3. The Labute approximate surface area is 102 Å². The predicted molar refractivity (Wildman–Crippen MR) is 59.8 cm³/mol. The van der Waals surface area contributed by atoms with Crippen LogP contribution in [0, 0.1) is 0 Å². The van der Waals surface area contributed by atoms with Crippen LogP contribution in [0.15, 0.2) is 17.4 Å². The molecule has 1 aromatic heterocycles. The van der Waals surface area contributed by atoms with E-state index in [2.05, 4.69) is 15.1 Å². The van der Waals surface area contributed by atoms with Gasteiger partial charge in [0.1, 0.15) is 5.69 Å². The van der Waals surface area contributed by atoms with Crippen molar-refractivity contribution in [3.63, 3.8) is 0 Å². The van der Waals surface area contributed by atoms with E-state index in [1.165, 1.54) is 12.3 Å². The fourth-order valence-corrected chi connectivity index (χ4v) is 1.25. The summed E-state index contributed by atoms with van der Waals surface area (Å²) in [5.41, 5.74) is 5.44. The summed E-state index contributed by atoms with van der Waals surface area (Å²) in [5, 5.41) is 20.1. The van der Waals surface area contributed by atoms with Crippen LogP contribution < -0.4 is 10.6 Å². The number of aromatic nitrogens is 2. The second kappa shape index (κ2) is 6.64. The van der Waals surface area contributed by atoms with Crippen molar-refractivity contribution >= 4 is 11.8 Å².